The molecule has 0 bridgehead atoms. The van der Waals surface area contributed by atoms with Crippen LogP contribution in [0.25, 0.3) is 0 Å². The zero-order chi connectivity index (χ0) is 14.7. The molecular weight excluding hydrogens is 260 g/mol. The van der Waals surface area contributed by atoms with E-state index in [9.17, 15) is 0 Å². The van der Waals surface area contributed by atoms with Gasteiger partial charge in [-0.3, -0.25) is 4.98 Å². The zero-order valence-corrected chi connectivity index (χ0v) is 12.6. The molecule has 0 aliphatic heterocycles. The predicted octanol–water partition coefficient (Wildman–Crippen LogP) is 3.69. The number of para-hydroxylation sites is 1. The largest absolute Gasteiger partial charge is 0.496 e. The molecule has 0 spiro atoms. The third-order valence-electron chi connectivity index (χ3n) is 4.41. The minimum Gasteiger partial charge on any atom is -0.496 e. The van der Waals surface area contributed by atoms with E-state index in [2.05, 4.69) is 47.6 Å². The van der Waals surface area contributed by atoms with E-state index < -0.39 is 0 Å². The fraction of sp³-hybridized carbons (Fsp3) is 0.389. The monoisotopic (exact) mass is 282 g/mol. The van der Waals surface area contributed by atoms with Gasteiger partial charge >= 0.3 is 0 Å². The van der Waals surface area contributed by atoms with Crippen molar-refractivity contribution < 1.29 is 4.74 Å². The third kappa shape index (κ3) is 3.08. The van der Waals surface area contributed by atoms with Crippen molar-refractivity contribution in [1.82, 2.24) is 10.3 Å². The maximum absolute atomic E-state index is 5.46. The van der Waals surface area contributed by atoms with Gasteiger partial charge in [0, 0.05) is 24.5 Å². The number of nitrogens with zero attached hydrogens (tertiary/aromatic N) is 1. The molecule has 3 heteroatoms. The van der Waals surface area contributed by atoms with E-state index in [1.165, 1.54) is 24.0 Å². The van der Waals surface area contributed by atoms with Crippen molar-refractivity contribution in [2.24, 2.45) is 0 Å². The summed E-state index contributed by atoms with van der Waals surface area (Å²) in [6, 6.07) is 13.5. The minimum atomic E-state index is 0.372. The number of ether oxygens (including phenoxy) is 1. The Morgan fingerprint density at radius 3 is 2.57 bits per heavy atom. The van der Waals surface area contributed by atoms with Crippen LogP contribution in [0.5, 0.6) is 5.75 Å². The van der Waals surface area contributed by atoms with Gasteiger partial charge in [0.15, 0.2) is 0 Å². The lowest BCUT2D eigenvalue weighted by Gasteiger charge is -2.38. The molecule has 1 aliphatic rings. The molecule has 1 fully saturated rings. The number of benzene rings is 1. The molecule has 0 radical (unpaired) electrons. The Balaban J connectivity index is 1.56. The second-order valence-corrected chi connectivity index (χ2v) is 5.78. The first-order valence-electron chi connectivity index (χ1n) is 7.57. The molecule has 1 atom stereocenters. The summed E-state index contributed by atoms with van der Waals surface area (Å²) in [6.45, 7) is 2.21. The van der Waals surface area contributed by atoms with E-state index in [-0.39, 0.29) is 0 Å². The Labute approximate surface area is 126 Å². The first kappa shape index (κ1) is 14.1. The molecule has 3 rings (SSSR count). The van der Waals surface area contributed by atoms with Crippen molar-refractivity contribution in [3.8, 4) is 5.75 Å². The van der Waals surface area contributed by atoms with Crippen LogP contribution in [-0.4, -0.2) is 18.1 Å². The average molecular weight is 282 g/mol. The van der Waals surface area contributed by atoms with Crippen LogP contribution in [0.3, 0.4) is 0 Å². The topological polar surface area (TPSA) is 34.1 Å². The van der Waals surface area contributed by atoms with E-state index in [1.54, 1.807) is 7.11 Å². The summed E-state index contributed by atoms with van der Waals surface area (Å²) >= 11 is 0. The SMILES string of the molecule is COc1ccccc1C1CC(NC(C)c2ccncc2)C1. The summed E-state index contributed by atoms with van der Waals surface area (Å²) in [7, 11) is 1.75. The van der Waals surface area contributed by atoms with Gasteiger partial charge in [0.05, 0.1) is 7.11 Å². The number of hydrogen-bond acceptors (Lipinski definition) is 3. The lowest BCUT2D eigenvalue weighted by atomic mass is 9.75. The first-order valence-corrected chi connectivity index (χ1v) is 7.57. The van der Waals surface area contributed by atoms with Crippen molar-refractivity contribution in [3.05, 3.63) is 59.9 Å². The van der Waals surface area contributed by atoms with Crippen molar-refractivity contribution in [3.63, 3.8) is 0 Å². The molecule has 1 unspecified atom stereocenters. The first-order chi connectivity index (χ1) is 10.3. The van der Waals surface area contributed by atoms with Gasteiger partial charge in [-0.05, 0) is 55.0 Å². The molecule has 1 aromatic heterocycles. The van der Waals surface area contributed by atoms with Gasteiger partial charge in [-0.1, -0.05) is 18.2 Å². The molecule has 1 aromatic carbocycles. The highest BCUT2D eigenvalue weighted by molar-refractivity contribution is 5.37. The van der Waals surface area contributed by atoms with Crippen molar-refractivity contribution in [1.29, 1.82) is 0 Å². The summed E-state index contributed by atoms with van der Waals surface area (Å²) < 4.78 is 5.46. The summed E-state index contributed by atoms with van der Waals surface area (Å²) in [5.41, 5.74) is 2.64. The molecule has 1 heterocycles. The molecule has 1 aliphatic carbocycles. The Morgan fingerprint density at radius 2 is 1.86 bits per heavy atom. The van der Waals surface area contributed by atoms with Crippen LogP contribution in [0.15, 0.2) is 48.8 Å². The van der Waals surface area contributed by atoms with Crippen LogP contribution in [-0.2, 0) is 0 Å². The van der Waals surface area contributed by atoms with Crippen LogP contribution in [0.2, 0.25) is 0 Å². The molecule has 21 heavy (non-hydrogen) atoms. The Kier molecular flexibility index (Phi) is 4.20. The van der Waals surface area contributed by atoms with Crippen LogP contribution in [0.4, 0.5) is 0 Å². The standard InChI is InChI=1S/C18H22N2O/c1-13(14-7-9-19-10-8-14)20-16-11-15(12-16)17-5-3-4-6-18(17)21-2/h3-10,13,15-16,20H,11-12H2,1-2H3. The average Bonchev–Trinajstić information content (AvgIpc) is 2.51. The number of hydrogen-bond donors (Lipinski definition) is 1. The molecule has 1 saturated carbocycles. The molecule has 3 nitrogen and oxygen atoms in total. The van der Waals surface area contributed by atoms with Gasteiger partial charge in [0.2, 0.25) is 0 Å². The van der Waals surface area contributed by atoms with E-state index >= 15 is 0 Å². The fourth-order valence-electron chi connectivity index (χ4n) is 3.11. The van der Waals surface area contributed by atoms with Crippen molar-refractivity contribution in [2.75, 3.05) is 7.11 Å². The number of pyridine rings is 1. The highest BCUT2D eigenvalue weighted by Gasteiger charge is 2.32. The fourth-order valence-corrected chi connectivity index (χ4v) is 3.11. The van der Waals surface area contributed by atoms with E-state index in [4.69, 9.17) is 4.74 Å². The third-order valence-corrected chi connectivity index (χ3v) is 4.41. The highest BCUT2D eigenvalue weighted by Crippen LogP contribution is 2.41. The molecule has 1 N–H and O–H groups in total. The smallest absolute Gasteiger partial charge is 0.122 e. The maximum Gasteiger partial charge on any atom is 0.122 e. The van der Waals surface area contributed by atoms with Gasteiger partial charge in [0.25, 0.3) is 0 Å². The van der Waals surface area contributed by atoms with Gasteiger partial charge in [0.1, 0.15) is 5.75 Å². The van der Waals surface area contributed by atoms with E-state index in [1.807, 2.05) is 18.5 Å². The lowest BCUT2D eigenvalue weighted by molar-refractivity contribution is 0.265. The molecule has 110 valence electrons. The Bertz CT molecular complexity index is 579. The van der Waals surface area contributed by atoms with Gasteiger partial charge in [-0.2, -0.15) is 0 Å². The second kappa shape index (κ2) is 6.27. The molecule has 0 amide bonds. The van der Waals surface area contributed by atoms with Crippen LogP contribution < -0.4 is 10.1 Å². The number of rotatable bonds is 5. The normalized spacial score (nSPS) is 22.4. The van der Waals surface area contributed by atoms with Crippen LogP contribution in [0, 0.1) is 0 Å². The second-order valence-electron chi connectivity index (χ2n) is 5.78. The quantitative estimate of drug-likeness (QED) is 0.908. The Hall–Kier alpha value is -1.87. The summed E-state index contributed by atoms with van der Waals surface area (Å²) in [5, 5.41) is 3.70. The van der Waals surface area contributed by atoms with Crippen LogP contribution in [0.1, 0.15) is 42.9 Å². The van der Waals surface area contributed by atoms with Crippen LogP contribution >= 0.6 is 0 Å². The number of nitrogens with one attached hydrogen (secondary N) is 1. The maximum atomic E-state index is 5.46. The summed E-state index contributed by atoms with van der Waals surface area (Å²) in [4.78, 5) is 4.07. The number of methoxy groups -OCH3 is 1. The van der Waals surface area contributed by atoms with E-state index in [0.717, 1.165) is 5.75 Å². The van der Waals surface area contributed by atoms with Crippen molar-refractivity contribution >= 4 is 0 Å². The van der Waals surface area contributed by atoms with Gasteiger partial charge in [-0.25, -0.2) is 0 Å². The number of aromatic nitrogens is 1. The predicted molar refractivity (Wildman–Crippen MR) is 84.5 cm³/mol. The summed E-state index contributed by atoms with van der Waals surface area (Å²) in [5.74, 6) is 1.63. The van der Waals surface area contributed by atoms with Crippen molar-refractivity contribution in [2.45, 2.75) is 37.8 Å². The minimum absolute atomic E-state index is 0.372. The van der Waals surface area contributed by atoms with Gasteiger partial charge in [-0.15, -0.1) is 0 Å². The molecular formula is C18H22N2O. The molecule has 2 aromatic rings. The highest BCUT2D eigenvalue weighted by atomic mass is 16.5. The molecule has 0 saturated heterocycles. The summed E-state index contributed by atoms with van der Waals surface area (Å²) in [6.07, 6.45) is 6.06. The van der Waals surface area contributed by atoms with E-state index in [0.29, 0.717) is 18.0 Å². The Morgan fingerprint density at radius 1 is 1.14 bits per heavy atom. The van der Waals surface area contributed by atoms with Gasteiger partial charge < -0.3 is 10.1 Å². The lowest BCUT2D eigenvalue weighted by Crippen LogP contribution is -2.41. The zero-order valence-electron chi connectivity index (χ0n) is 12.6.